The number of rotatable bonds is 5. The number of piperidine rings is 1. The van der Waals surface area contributed by atoms with Gasteiger partial charge >= 0.3 is 0 Å². The number of aliphatic hydroxyl groups excluding tert-OH is 1. The molecule has 1 spiro atoms. The lowest BCUT2D eigenvalue weighted by Gasteiger charge is -2.42. The first-order valence-electron chi connectivity index (χ1n) is 12.3. The summed E-state index contributed by atoms with van der Waals surface area (Å²) in [6.45, 7) is 3.10. The van der Waals surface area contributed by atoms with Crippen LogP contribution in [0.4, 0.5) is 5.82 Å². The van der Waals surface area contributed by atoms with Crippen LogP contribution in [0.3, 0.4) is 0 Å². The van der Waals surface area contributed by atoms with Gasteiger partial charge in [-0.1, -0.05) is 42.3 Å². The van der Waals surface area contributed by atoms with E-state index in [-0.39, 0.29) is 30.5 Å². The second-order valence-electron chi connectivity index (χ2n) is 9.56. The van der Waals surface area contributed by atoms with Crippen molar-refractivity contribution in [2.45, 2.75) is 38.8 Å². The van der Waals surface area contributed by atoms with Crippen LogP contribution >= 0.6 is 0 Å². The molecule has 5 rings (SSSR count). The topological polar surface area (TPSA) is 102 Å². The summed E-state index contributed by atoms with van der Waals surface area (Å²) < 4.78 is 5.63. The zero-order chi connectivity index (χ0) is 25.1. The molecule has 7 heteroatoms. The van der Waals surface area contributed by atoms with E-state index in [1.165, 1.54) is 18.1 Å². The zero-order valence-corrected chi connectivity index (χ0v) is 20.4. The highest BCUT2D eigenvalue weighted by atomic mass is 16.5. The van der Waals surface area contributed by atoms with Crippen LogP contribution in [0.1, 0.15) is 58.7 Å². The molecule has 0 bridgehead atoms. The van der Waals surface area contributed by atoms with Crippen molar-refractivity contribution in [1.29, 1.82) is 0 Å². The number of carbonyl (C=O) groups excluding carboxylic acids is 1. The lowest BCUT2D eigenvalue weighted by atomic mass is 9.73. The first kappa shape index (κ1) is 24.0. The zero-order valence-electron chi connectivity index (χ0n) is 20.4. The fourth-order valence-electron chi connectivity index (χ4n) is 5.37. The number of anilines is 1. The Morgan fingerprint density at radius 1 is 1.22 bits per heavy atom. The molecule has 1 fully saturated rings. The van der Waals surface area contributed by atoms with Crippen molar-refractivity contribution in [3.63, 3.8) is 0 Å². The Morgan fingerprint density at radius 3 is 2.78 bits per heavy atom. The van der Waals surface area contributed by atoms with Crippen LogP contribution in [-0.2, 0) is 13.0 Å². The van der Waals surface area contributed by atoms with Crippen molar-refractivity contribution >= 4 is 11.6 Å². The Balaban J connectivity index is 1.22. The summed E-state index contributed by atoms with van der Waals surface area (Å²) in [5.74, 6) is 7.16. The second-order valence-corrected chi connectivity index (χ2v) is 9.56. The van der Waals surface area contributed by atoms with E-state index < -0.39 is 0 Å². The van der Waals surface area contributed by atoms with E-state index in [2.05, 4.69) is 51.0 Å². The standard InChI is InChI=1S/C29H30N4O3/c1-20(35)21-7-4-9-24(16-21)36-15-5-8-23-18-31-28(26(19-34)32-23)33-13-11-29(12-14-33)17-22-6-2-3-10-25(22)27(29)30/h2-4,6-7,9-10,16,18,27,34H,11-15,17,19,30H2,1H3. The third-order valence-electron chi connectivity index (χ3n) is 7.39. The summed E-state index contributed by atoms with van der Waals surface area (Å²) in [6, 6.07) is 15.6. The second kappa shape index (κ2) is 10.1. The van der Waals surface area contributed by atoms with Crippen LogP contribution < -0.4 is 15.4 Å². The van der Waals surface area contributed by atoms with Crippen molar-refractivity contribution in [1.82, 2.24) is 9.97 Å². The maximum atomic E-state index is 11.5. The van der Waals surface area contributed by atoms with Gasteiger partial charge in [-0.05, 0) is 60.8 Å². The lowest BCUT2D eigenvalue weighted by molar-refractivity contribution is 0.101. The number of benzene rings is 2. The van der Waals surface area contributed by atoms with Gasteiger partial charge in [0.15, 0.2) is 11.6 Å². The van der Waals surface area contributed by atoms with Crippen LogP contribution in [-0.4, -0.2) is 40.6 Å². The first-order chi connectivity index (χ1) is 17.5. The van der Waals surface area contributed by atoms with Crippen LogP contribution in [0.15, 0.2) is 54.7 Å². The minimum Gasteiger partial charge on any atom is -0.481 e. The number of aliphatic hydroxyl groups is 1. The molecule has 1 saturated heterocycles. The number of hydrogen-bond acceptors (Lipinski definition) is 7. The molecule has 1 aliphatic carbocycles. The molecule has 0 saturated carbocycles. The van der Waals surface area contributed by atoms with Crippen LogP contribution in [0.5, 0.6) is 5.75 Å². The van der Waals surface area contributed by atoms with E-state index in [0.717, 1.165) is 32.4 Å². The number of hydrogen-bond donors (Lipinski definition) is 2. The SMILES string of the molecule is CC(=O)c1cccc(OCC#Cc2cnc(N3CCC4(CC3)Cc3ccccc3C4N)c(CO)n2)c1. The van der Waals surface area contributed by atoms with Crippen molar-refractivity contribution in [2.24, 2.45) is 11.1 Å². The fourth-order valence-corrected chi connectivity index (χ4v) is 5.37. The number of carbonyl (C=O) groups is 1. The van der Waals surface area contributed by atoms with Gasteiger partial charge in [-0.2, -0.15) is 0 Å². The molecule has 184 valence electrons. The van der Waals surface area contributed by atoms with Crippen molar-refractivity contribution in [2.75, 3.05) is 24.6 Å². The summed E-state index contributed by atoms with van der Waals surface area (Å²) in [5, 5.41) is 9.98. The van der Waals surface area contributed by atoms with Gasteiger partial charge in [0.1, 0.15) is 23.7 Å². The third-order valence-corrected chi connectivity index (χ3v) is 7.39. The molecule has 1 atom stereocenters. The van der Waals surface area contributed by atoms with Gasteiger partial charge in [0, 0.05) is 24.7 Å². The van der Waals surface area contributed by atoms with Gasteiger partial charge in [-0.15, -0.1) is 0 Å². The van der Waals surface area contributed by atoms with Gasteiger partial charge in [0.05, 0.1) is 12.8 Å². The van der Waals surface area contributed by atoms with E-state index in [1.807, 2.05) is 0 Å². The summed E-state index contributed by atoms with van der Waals surface area (Å²) in [7, 11) is 0. The number of ketones is 1. The van der Waals surface area contributed by atoms with E-state index in [4.69, 9.17) is 10.5 Å². The van der Waals surface area contributed by atoms with Gasteiger partial charge in [-0.3, -0.25) is 4.79 Å². The number of aromatic nitrogens is 2. The number of nitrogens with two attached hydrogens (primary N) is 1. The average Bonchev–Trinajstić information content (AvgIpc) is 3.18. The van der Waals surface area contributed by atoms with Crippen molar-refractivity contribution in [3.8, 4) is 17.6 Å². The van der Waals surface area contributed by atoms with Gasteiger partial charge in [-0.25, -0.2) is 9.97 Å². The van der Waals surface area contributed by atoms with E-state index in [9.17, 15) is 9.90 Å². The predicted octanol–water partition coefficient (Wildman–Crippen LogP) is 3.44. The smallest absolute Gasteiger partial charge is 0.159 e. The van der Waals surface area contributed by atoms with Crippen molar-refractivity contribution in [3.05, 3.63) is 82.8 Å². The predicted molar refractivity (Wildman–Crippen MR) is 138 cm³/mol. The normalized spacial score (nSPS) is 17.9. The molecule has 1 aliphatic heterocycles. The Morgan fingerprint density at radius 2 is 2.03 bits per heavy atom. The molecule has 1 aromatic heterocycles. The Hall–Kier alpha value is -3.73. The highest BCUT2D eigenvalue weighted by molar-refractivity contribution is 5.94. The highest BCUT2D eigenvalue weighted by Crippen LogP contribution is 2.50. The fraction of sp³-hybridized carbons (Fsp3) is 0.345. The Labute approximate surface area is 211 Å². The maximum absolute atomic E-state index is 11.5. The van der Waals surface area contributed by atoms with Gasteiger partial charge < -0.3 is 20.5 Å². The Kier molecular flexibility index (Phi) is 6.73. The number of fused-ring (bicyclic) bond motifs is 1. The summed E-state index contributed by atoms with van der Waals surface area (Å²) in [6.07, 6.45) is 4.60. The maximum Gasteiger partial charge on any atom is 0.159 e. The average molecular weight is 483 g/mol. The van der Waals surface area contributed by atoms with E-state index in [0.29, 0.717) is 28.5 Å². The number of nitrogens with zero attached hydrogens (tertiary/aromatic N) is 3. The molecule has 0 radical (unpaired) electrons. The molecular formula is C29H30N4O3. The molecule has 0 amide bonds. The molecule has 7 nitrogen and oxygen atoms in total. The largest absolute Gasteiger partial charge is 0.481 e. The Bertz CT molecular complexity index is 1340. The molecule has 3 aromatic rings. The molecule has 2 aliphatic rings. The molecule has 2 aromatic carbocycles. The van der Waals surface area contributed by atoms with Crippen molar-refractivity contribution < 1.29 is 14.6 Å². The molecule has 36 heavy (non-hydrogen) atoms. The van der Waals surface area contributed by atoms with Gasteiger partial charge in [0.25, 0.3) is 0 Å². The van der Waals surface area contributed by atoms with E-state index >= 15 is 0 Å². The van der Waals surface area contributed by atoms with E-state index in [1.54, 1.807) is 30.5 Å². The lowest BCUT2D eigenvalue weighted by Crippen LogP contribution is -2.45. The number of Topliss-reactive ketones (excluding diaryl/α,β-unsaturated/α-hetero) is 1. The van der Waals surface area contributed by atoms with Crippen LogP contribution in [0, 0.1) is 17.3 Å². The van der Waals surface area contributed by atoms with Crippen LogP contribution in [0.25, 0.3) is 0 Å². The summed E-state index contributed by atoms with van der Waals surface area (Å²) in [4.78, 5) is 22.8. The first-order valence-corrected chi connectivity index (χ1v) is 12.3. The van der Waals surface area contributed by atoms with Crippen LogP contribution in [0.2, 0.25) is 0 Å². The quantitative estimate of drug-likeness (QED) is 0.424. The monoisotopic (exact) mass is 482 g/mol. The third kappa shape index (κ3) is 4.70. The summed E-state index contributed by atoms with van der Waals surface area (Å²) >= 11 is 0. The highest BCUT2D eigenvalue weighted by Gasteiger charge is 2.46. The van der Waals surface area contributed by atoms with Gasteiger partial charge in [0.2, 0.25) is 0 Å². The molecule has 1 unspecified atom stereocenters. The minimum atomic E-state index is -0.210. The molecular weight excluding hydrogens is 452 g/mol. The minimum absolute atomic E-state index is 0.0153. The number of ether oxygens (including phenoxy) is 1. The summed E-state index contributed by atoms with van der Waals surface area (Å²) in [5.41, 5.74) is 11.0. The molecule has 3 N–H and O–H groups in total. The molecule has 2 heterocycles.